The fraction of sp³-hybridized carbons (Fsp3) is 0.462. The normalized spacial score (nSPS) is 12.2. The first-order valence-corrected chi connectivity index (χ1v) is 5.48. The Bertz CT molecular complexity index is 371. The van der Waals surface area contributed by atoms with Crippen molar-refractivity contribution in [3.05, 3.63) is 29.3 Å². The van der Waals surface area contributed by atoms with Gasteiger partial charge in [-0.05, 0) is 36.1 Å². The van der Waals surface area contributed by atoms with Gasteiger partial charge in [-0.15, -0.1) is 0 Å². The number of methoxy groups -OCH3 is 1. The Morgan fingerprint density at radius 3 is 2.69 bits per heavy atom. The van der Waals surface area contributed by atoms with Crippen LogP contribution in [-0.2, 0) is 6.42 Å². The summed E-state index contributed by atoms with van der Waals surface area (Å²) in [7, 11) is 1.59. The van der Waals surface area contributed by atoms with Gasteiger partial charge in [-0.1, -0.05) is 20.3 Å². The summed E-state index contributed by atoms with van der Waals surface area (Å²) in [5.41, 5.74) is 1.22. The van der Waals surface area contributed by atoms with Crippen molar-refractivity contribution in [1.82, 2.24) is 0 Å². The topological polar surface area (TPSA) is 46.5 Å². The number of benzene rings is 1. The summed E-state index contributed by atoms with van der Waals surface area (Å²) in [6.07, 6.45) is 1.81. The van der Waals surface area contributed by atoms with Crippen LogP contribution >= 0.6 is 0 Å². The molecule has 0 fully saturated rings. The van der Waals surface area contributed by atoms with Crippen LogP contribution in [-0.4, -0.2) is 18.2 Å². The number of carbonyl (C=O) groups is 1. The monoisotopic (exact) mass is 222 g/mol. The van der Waals surface area contributed by atoms with Gasteiger partial charge in [-0.25, -0.2) is 4.79 Å². The van der Waals surface area contributed by atoms with Crippen molar-refractivity contribution in [1.29, 1.82) is 0 Å². The molecule has 1 unspecified atom stereocenters. The Hall–Kier alpha value is -1.51. The van der Waals surface area contributed by atoms with Crippen LogP contribution < -0.4 is 4.74 Å². The van der Waals surface area contributed by atoms with Crippen molar-refractivity contribution in [2.45, 2.75) is 26.7 Å². The zero-order valence-corrected chi connectivity index (χ0v) is 9.99. The second-order valence-corrected chi connectivity index (χ2v) is 4.05. The molecule has 0 aliphatic carbocycles. The molecular formula is C13H18O3. The lowest BCUT2D eigenvalue weighted by atomic mass is 9.95. The molecule has 1 atom stereocenters. The lowest BCUT2D eigenvalue weighted by Crippen LogP contribution is -2.06. The van der Waals surface area contributed by atoms with Gasteiger partial charge in [0, 0.05) is 0 Å². The minimum atomic E-state index is -0.874. The summed E-state index contributed by atoms with van der Waals surface area (Å²) in [5, 5.41) is 9.07. The molecule has 1 aromatic carbocycles. The second kappa shape index (κ2) is 5.54. The van der Waals surface area contributed by atoms with Crippen molar-refractivity contribution in [2.75, 3.05) is 7.11 Å². The van der Waals surface area contributed by atoms with Crippen LogP contribution in [0, 0.1) is 5.92 Å². The van der Waals surface area contributed by atoms with Crippen LogP contribution in [0.15, 0.2) is 18.2 Å². The number of carboxylic acid groups (broad SMARTS) is 1. The Morgan fingerprint density at radius 2 is 2.19 bits per heavy atom. The first kappa shape index (κ1) is 12.6. The minimum Gasteiger partial charge on any atom is -0.497 e. The van der Waals surface area contributed by atoms with Crippen LogP contribution in [0.25, 0.3) is 0 Å². The van der Waals surface area contributed by atoms with Gasteiger partial charge in [-0.3, -0.25) is 0 Å². The first-order valence-electron chi connectivity index (χ1n) is 5.48. The van der Waals surface area contributed by atoms with E-state index in [9.17, 15) is 4.79 Å². The maximum Gasteiger partial charge on any atom is 0.335 e. The number of hydrogen-bond donors (Lipinski definition) is 1. The molecule has 0 aliphatic heterocycles. The molecule has 1 N–H and O–H groups in total. The molecular weight excluding hydrogens is 204 g/mol. The van der Waals surface area contributed by atoms with E-state index in [-0.39, 0.29) is 0 Å². The summed E-state index contributed by atoms with van der Waals surface area (Å²) in [5.74, 6) is 0.314. The molecule has 3 heteroatoms. The Labute approximate surface area is 96.1 Å². The zero-order valence-electron chi connectivity index (χ0n) is 9.99. The van der Waals surface area contributed by atoms with Gasteiger partial charge in [-0.2, -0.15) is 0 Å². The Morgan fingerprint density at radius 1 is 1.50 bits per heavy atom. The molecule has 0 aromatic heterocycles. The fourth-order valence-corrected chi connectivity index (χ4v) is 1.59. The number of rotatable bonds is 5. The third-order valence-electron chi connectivity index (χ3n) is 2.81. The smallest absolute Gasteiger partial charge is 0.335 e. The lowest BCUT2D eigenvalue weighted by molar-refractivity contribution is 0.0695. The van der Waals surface area contributed by atoms with E-state index in [1.54, 1.807) is 19.2 Å². The van der Waals surface area contributed by atoms with Crippen LogP contribution in [0.1, 0.15) is 36.2 Å². The van der Waals surface area contributed by atoms with E-state index < -0.39 is 5.97 Å². The number of ether oxygens (including phenoxy) is 1. The highest BCUT2D eigenvalue weighted by Gasteiger charge is 2.13. The summed E-state index contributed by atoms with van der Waals surface area (Å²) >= 11 is 0. The molecule has 0 bridgehead atoms. The average Bonchev–Trinajstić information content (AvgIpc) is 2.28. The highest BCUT2D eigenvalue weighted by molar-refractivity contribution is 5.89. The molecule has 1 aromatic rings. The van der Waals surface area contributed by atoms with Gasteiger partial charge in [0.2, 0.25) is 0 Å². The molecule has 0 aliphatic rings. The molecule has 0 saturated heterocycles. The van der Waals surface area contributed by atoms with E-state index in [2.05, 4.69) is 13.8 Å². The van der Waals surface area contributed by atoms with Crippen molar-refractivity contribution >= 4 is 5.97 Å². The summed E-state index contributed by atoms with van der Waals surface area (Å²) in [4.78, 5) is 11.1. The van der Waals surface area contributed by atoms with Crippen molar-refractivity contribution in [3.8, 4) is 5.75 Å². The van der Waals surface area contributed by atoms with Gasteiger partial charge in [0.15, 0.2) is 0 Å². The molecule has 1 rings (SSSR count). The lowest BCUT2D eigenvalue weighted by Gasteiger charge is -2.12. The molecule has 0 saturated carbocycles. The Kier molecular flexibility index (Phi) is 4.35. The number of hydrogen-bond acceptors (Lipinski definition) is 2. The third-order valence-corrected chi connectivity index (χ3v) is 2.81. The molecule has 16 heavy (non-hydrogen) atoms. The molecule has 0 amide bonds. The SMILES string of the molecule is CCC(C)Cc1cc(OC)ccc1C(=O)O. The second-order valence-electron chi connectivity index (χ2n) is 4.05. The van der Waals surface area contributed by atoms with Gasteiger partial charge in [0.25, 0.3) is 0 Å². The maximum absolute atomic E-state index is 11.1. The third kappa shape index (κ3) is 2.99. The van der Waals surface area contributed by atoms with E-state index in [1.807, 2.05) is 6.07 Å². The Balaban J connectivity index is 3.05. The molecule has 88 valence electrons. The van der Waals surface area contributed by atoms with Crippen LogP contribution in [0.3, 0.4) is 0 Å². The largest absolute Gasteiger partial charge is 0.497 e. The summed E-state index contributed by atoms with van der Waals surface area (Å²) < 4.78 is 5.11. The van der Waals surface area contributed by atoms with Crippen molar-refractivity contribution < 1.29 is 14.6 Å². The summed E-state index contributed by atoms with van der Waals surface area (Å²) in [6.45, 7) is 4.22. The summed E-state index contributed by atoms with van der Waals surface area (Å²) in [6, 6.07) is 5.11. The number of carboxylic acids is 1. The highest BCUT2D eigenvalue weighted by Crippen LogP contribution is 2.21. The van der Waals surface area contributed by atoms with E-state index in [0.29, 0.717) is 17.2 Å². The standard InChI is InChI=1S/C13H18O3/c1-4-9(2)7-10-8-11(16-3)5-6-12(10)13(14)15/h5-6,8-9H,4,7H2,1-3H3,(H,14,15). The van der Waals surface area contributed by atoms with E-state index in [4.69, 9.17) is 9.84 Å². The van der Waals surface area contributed by atoms with E-state index in [1.165, 1.54) is 0 Å². The van der Waals surface area contributed by atoms with Crippen molar-refractivity contribution in [2.24, 2.45) is 5.92 Å². The molecule has 0 radical (unpaired) electrons. The first-order chi connectivity index (χ1) is 7.58. The average molecular weight is 222 g/mol. The quantitative estimate of drug-likeness (QED) is 0.833. The van der Waals surface area contributed by atoms with Gasteiger partial charge in [0.05, 0.1) is 12.7 Å². The zero-order chi connectivity index (χ0) is 12.1. The number of aromatic carboxylic acids is 1. The minimum absolute atomic E-state index is 0.376. The highest BCUT2D eigenvalue weighted by atomic mass is 16.5. The predicted octanol–water partition coefficient (Wildman–Crippen LogP) is 2.98. The van der Waals surface area contributed by atoms with Crippen LogP contribution in [0.5, 0.6) is 5.75 Å². The van der Waals surface area contributed by atoms with Gasteiger partial charge >= 0.3 is 5.97 Å². The van der Waals surface area contributed by atoms with Gasteiger partial charge in [0.1, 0.15) is 5.75 Å². The fourth-order valence-electron chi connectivity index (χ4n) is 1.59. The van der Waals surface area contributed by atoms with E-state index >= 15 is 0 Å². The van der Waals surface area contributed by atoms with Gasteiger partial charge < -0.3 is 9.84 Å². The van der Waals surface area contributed by atoms with E-state index in [0.717, 1.165) is 18.4 Å². The van der Waals surface area contributed by atoms with Crippen LogP contribution in [0.2, 0.25) is 0 Å². The molecule has 0 spiro atoms. The van der Waals surface area contributed by atoms with Crippen LogP contribution in [0.4, 0.5) is 0 Å². The molecule has 3 nitrogen and oxygen atoms in total. The maximum atomic E-state index is 11.1. The predicted molar refractivity (Wildman–Crippen MR) is 63.1 cm³/mol. The van der Waals surface area contributed by atoms with Crippen molar-refractivity contribution in [3.63, 3.8) is 0 Å². The molecule has 0 heterocycles.